The van der Waals surface area contributed by atoms with Crippen LogP contribution in [0.2, 0.25) is 0 Å². The van der Waals surface area contributed by atoms with E-state index in [9.17, 15) is 0 Å². The highest BCUT2D eigenvalue weighted by molar-refractivity contribution is 4.81. The fraction of sp³-hybridized carbons (Fsp3) is 0.500. The van der Waals surface area contributed by atoms with Crippen molar-refractivity contribution >= 4 is 0 Å². The van der Waals surface area contributed by atoms with Gasteiger partial charge >= 0.3 is 0 Å². The van der Waals surface area contributed by atoms with Crippen molar-refractivity contribution in [3.8, 4) is 0 Å². The molecule has 0 bridgehead atoms. The molecule has 0 unspecified atom stereocenters. The summed E-state index contributed by atoms with van der Waals surface area (Å²) in [5.74, 6) is 1.32. The van der Waals surface area contributed by atoms with E-state index in [1.165, 1.54) is 0 Å². The molecule has 6 nitrogen and oxygen atoms in total. The molecule has 16 heavy (non-hydrogen) atoms. The van der Waals surface area contributed by atoms with Crippen LogP contribution >= 0.6 is 0 Å². The van der Waals surface area contributed by atoms with Crippen LogP contribution in [0.5, 0.6) is 0 Å². The van der Waals surface area contributed by atoms with Gasteiger partial charge in [-0.3, -0.25) is 0 Å². The van der Waals surface area contributed by atoms with Gasteiger partial charge in [-0.05, 0) is 19.9 Å². The molecule has 0 spiro atoms. The Hall–Kier alpha value is -1.69. The van der Waals surface area contributed by atoms with Crippen LogP contribution < -0.4 is 5.32 Å². The van der Waals surface area contributed by atoms with Gasteiger partial charge in [-0.2, -0.15) is 4.98 Å². The van der Waals surface area contributed by atoms with Crippen LogP contribution in [0, 0.1) is 6.92 Å². The maximum Gasteiger partial charge on any atom is 0.240 e. The summed E-state index contributed by atoms with van der Waals surface area (Å²) in [6, 6.07) is 0. The van der Waals surface area contributed by atoms with E-state index in [0.717, 1.165) is 19.5 Å². The predicted molar refractivity (Wildman–Crippen MR) is 57.6 cm³/mol. The van der Waals surface area contributed by atoms with Crippen molar-refractivity contribution in [1.82, 2.24) is 25.0 Å². The molecule has 0 fully saturated rings. The van der Waals surface area contributed by atoms with Crippen molar-refractivity contribution in [3.05, 3.63) is 30.4 Å². The Labute approximate surface area is 93.7 Å². The fourth-order valence-corrected chi connectivity index (χ4v) is 1.41. The van der Waals surface area contributed by atoms with Gasteiger partial charge in [-0.15, -0.1) is 0 Å². The zero-order valence-electron chi connectivity index (χ0n) is 9.26. The molecule has 0 aliphatic rings. The van der Waals surface area contributed by atoms with Crippen LogP contribution in [0.3, 0.4) is 0 Å². The molecule has 2 aromatic heterocycles. The lowest BCUT2D eigenvalue weighted by molar-refractivity contribution is 0.363. The number of aryl methyl sites for hydroxylation is 2. The quantitative estimate of drug-likeness (QED) is 0.729. The van der Waals surface area contributed by atoms with E-state index in [-0.39, 0.29) is 0 Å². The molecular formula is C10H15N5O. The third-order valence-corrected chi connectivity index (χ3v) is 2.17. The Bertz CT molecular complexity index is 409. The minimum absolute atomic E-state index is 0.630. The Morgan fingerprint density at radius 1 is 1.50 bits per heavy atom. The highest BCUT2D eigenvalue weighted by Crippen LogP contribution is 1.95. The molecule has 1 N–H and O–H groups in total. The minimum atomic E-state index is 0.630. The van der Waals surface area contributed by atoms with Crippen LogP contribution in [0.15, 0.2) is 23.2 Å². The molecule has 0 atom stereocenters. The lowest BCUT2D eigenvalue weighted by atomic mass is 10.4. The Kier molecular flexibility index (Phi) is 3.66. The largest absolute Gasteiger partial charge is 0.338 e. The van der Waals surface area contributed by atoms with E-state index >= 15 is 0 Å². The first kappa shape index (κ1) is 10.8. The Morgan fingerprint density at radius 2 is 2.44 bits per heavy atom. The Morgan fingerprint density at radius 3 is 3.12 bits per heavy atom. The lowest BCUT2D eigenvalue weighted by Crippen LogP contribution is -2.16. The predicted octanol–water partition coefficient (Wildman–Crippen LogP) is 0.754. The molecule has 0 aromatic carbocycles. The minimum Gasteiger partial charge on any atom is -0.338 e. The number of imidazole rings is 1. The maximum absolute atomic E-state index is 4.98. The summed E-state index contributed by atoms with van der Waals surface area (Å²) < 4.78 is 7.03. The summed E-state index contributed by atoms with van der Waals surface area (Å²) in [6.45, 7) is 4.33. The Balaban J connectivity index is 1.59. The van der Waals surface area contributed by atoms with E-state index < -0.39 is 0 Å². The molecular weight excluding hydrogens is 206 g/mol. The first-order chi connectivity index (χ1) is 7.84. The molecule has 2 rings (SSSR count). The third-order valence-electron chi connectivity index (χ3n) is 2.17. The monoisotopic (exact) mass is 221 g/mol. The second kappa shape index (κ2) is 5.41. The van der Waals surface area contributed by atoms with Crippen molar-refractivity contribution < 1.29 is 4.52 Å². The zero-order chi connectivity index (χ0) is 11.2. The van der Waals surface area contributed by atoms with E-state index in [4.69, 9.17) is 4.52 Å². The van der Waals surface area contributed by atoms with Gasteiger partial charge < -0.3 is 14.4 Å². The van der Waals surface area contributed by atoms with Crippen LogP contribution in [0.4, 0.5) is 0 Å². The van der Waals surface area contributed by atoms with Gasteiger partial charge in [0.05, 0.1) is 12.9 Å². The van der Waals surface area contributed by atoms with Crippen LogP contribution in [-0.4, -0.2) is 26.2 Å². The summed E-state index contributed by atoms with van der Waals surface area (Å²) >= 11 is 0. The van der Waals surface area contributed by atoms with Crippen molar-refractivity contribution in [2.45, 2.75) is 26.4 Å². The van der Waals surface area contributed by atoms with E-state index in [1.54, 1.807) is 6.20 Å². The van der Waals surface area contributed by atoms with Gasteiger partial charge in [0.2, 0.25) is 5.89 Å². The van der Waals surface area contributed by atoms with Gasteiger partial charge in [0.25, 0.3) is 0 Å². The summed E-state index contributed by atoms with van der Waals surface area (Å²) in [4.78, 5) is 8.08. The number of nitrogens with one attached hydrogen (secondary N) is 1. The van der Waals surface area contributed by atoms with Crippen LogP contribution in [-0.2, 0) is 13.1 Å². The smallest absolute Gasteiger partial charge is 0.240 e. The standard InChI is InChI=1S/C10H15N5O/c1-9-13-10(16-14-9)7-11-3-2-5-15-6-4-12-8-15/h4,6,8,11H,2-3,5,7H2,1H3. The molecule has 0 saturated heterocycles. The second-order valence-electron chi connectivity index (χ2n) is 3.57. The molecule has 0 saturated carbocycles. The van der Waals surface area contributed by atoms with Gasteiger partial charge in [-0.1, -0.05) is 5.16 Å². The molecule has 0 radical (unpaired) electrons. The molecule has 2 aromatic rings. The normalized spacial score (nSPS) is 10.8. The average molecular weight is 221 g/mol. The molecule has 86 valence electrons. The number of rotatable bonds is 6. The highest BCUT2D eigenvalue weighted by atomic mass is 16.5. The number of hydrogen-bond acceptors (Lipinski definition) is 5. The molecule has 0 aliphatic heterocycles. The fourth-order valence-electron chi connectivity index (χ4n) is 1.41. The summed E-state index contributed by atoms with van der Waals surface area (Å²) in [6.07, 6.45) is 6.61. The van der Waals surface area contributed by atoms with Crippen molar-refractivity contribution in [2.24, 2.45) is 0 Å². The summed E-state index contributed by atoms with van der Waals surface area (Å²) in [5.41, 5.74) is 0. The third kappa shape index (κ3) is 3.16. The topological polar surface area (TPSA) is 68.8 Å². The number of aromatic nitrogens is 4. The second-order valence-corrected chi connectivity index (χ2v) is 3.57. The number of nitrogens with zero attached hydrogens (tertiary/aromatic N) is 4. The first-order valence-corrected chi connectivity index (χ1v) is 5.30. The molecule has 0 amide bonds. The average Bonchev–Trinajstić information content (AvgIpc) is 2.89. The number of hydrogen-bond donors (Lipinski definition) is 1. The van der Waals surface area contributed by atoms with Crippen LogP contribution in [0.25, 0.3) is 0 Å². The van der Waals surface area contributed by atoms with Crippen molar-refractivity contribution in [1.29, 1.82) is 0 Å². The lowest BCUT2D eigenvalue weighted by Gasteiger charge is -2.02. The van der Waals surface area contributed by atoms with E-state index in [2.05, 4.69) is 25.0 Å². The molecule has 6 heteroatoms. The molecule has 2 heterocycles. The SMILES string of the molecule is Cc1noc(CNCCCn2ccnc2)n1. The summed E-state index contributed by atoms with van der Waals surface area (Å²) in [5, 5.41) is 6.97. The van der Waals surface area contributed by atoms with E-state index in [0.29, 0.717) is 18.3 Å². The first-order valence-electron chi connectivity index (χ1n) is 5.30. The van der Waals surface area contributed by atoms with Gasteiger partial charge in [-0.25, -0.2) is 4.98 Å². The van der Waals surface area contributed by atoms with Gasteiger partial charge in [0, 0.05) is 18.9 Å². The van der Waals surface area contributed by atoms with Crippen molar-refractivity contribution in [2.75, 3.05) is 6.54 Å². The summed E-state index contributed by atoms with van der Waals surface area (Å²) in [7, 11) is 0. The molecule has 0 aliphatic carbocycles. The van der Waals surface area contributed by atoms with Gasteiger partial charge in [0.1, 0.15) is 0 Å². The van der Waals surface area contributed by atoms with Crippen molar-refractivity contribution in [3.63, 3.8) is 0 Å². The zero-order valence-corrected chi connectivity index (χ0v) is 9.26. The highest BCUT2D eigenvalue weighted by Gasteiger charge is 2.00. The van der Waals surface area contributed by atoms with Gasteiger partial charge in [0.15, 0.2) is 5.82 Å². The maximum atomic E-state index is 4.98. The van der Waals surface area contributed by atoms with Crippen LogP contribution in [0.1, 0.15) is 18.1 Å². The van der Waals surface area contributed by atoms with E-state index in [1.807, 2.05) is 19.4 Å².